The van der Waals surface area contributed by atoms with E-state index in [9.17, 15) is 18.4 Å². The van der Waals surface area contributed by atoms with Crippen molar-refractivity contribution in [1.29, 1.82) is 0 Å². The molecule has 1 amide bonds. The van der Waals surface area contributed by atoms with Crippen molar-refractivity contribution in [3.05, 3.63) is 63.8 Å². The molecule has 0 saturated heterocycles. The van der Waals surface area contributed by atoms with Crippen molar-refractivity contribution in [3.63, 3.8) is 0 Å². The molecular weight excluding hydrogens is 316 g/mol. The average molecular weight is 333 g/mol. The summed E-state index contributed by atoms with van der Waals surface area (Å²) < 4.78 is 26.4. The third-order valence-electron chi connectivity index (χ3n) is 4.49. The number of rotatable bonds is 5. The predicted molar refractivity (Wildman–Crippen MR) is 83.5 cm³/mol. The summed E-state index contributed by atoms with van der Waals surface area (Å²) in [6.45, 7) is 0.392. The third kappa shape index (κ3) is 3.50. The lowest BCUT2D eigenvalue weighted by atomic mass is 9.65. The molecule has 1 aromatic carbocycles. The highest BCUT2D eigenvalue weighted by atomic mass is 19.2. The number of benzene rings is 1. The van der Waals surface area contributed by atoms with Crippen molar-refractivity contribution in [2.75, 3.05) is 6.54 Å². The van der Waals surface area contributed by atoms with Crippen molar-refractivity contribution in [2.45, 2.75) is 25.7 Å². The minimum absolute atomic E-state index is 0.0372. The van der Waals surface area contributed by atoms with Crippen LogP contribution in [-0.2, 0) is 6.42 Å². The Kier molecular flexibility index (Phi) is 4.42. The van der Waals surface area contributed by atoms with Crippen molar-refractivity contribution >= 4 is 5.91 Å². The zero-order valence-corrected chi connectivity index (χ0v) is 12.9. The smallest absolute Gasteiger partial charge is 0.287 e. The van der Waals surface area contributed by atoms with E-state index in [2.05, 4.69) is 15.3 Å². The van der Waals surface area contributed by atoms with Crippen LogP contribution in [0.25, 0.3) is 0 Å². The van der Waals surface area contributed by atoms with E-state index in [1.807, 2.05) is 0 Å². The largest absolute Gasteiger partial charge is 0.349 e. The Bertz CT molecular complexity index is 815. The van der Waals surface area contributed by atoms with Crippen LogP contribution >= 0.6 is 0 Å². The van der Waals surface area contributed by atoms with Crippen molar-refractivity contribution in [1.82, 2.24) is 15.3 Å². The lowest BCUT2D eigenvalue weighted by Gasteiger charge is -2.42. The van der Waals surface area contributed by atoms with Crippen LogP contribution in [0.4, 0.5) is 8.78 Å². The zero-order valence-electron chi connectivity index (χ0n) is 12.9. The standard InChI is InChI=1S/C17H17F2N3O2/c18-12-3-2-11(8-13(12)19)9-17(5-1-6-17)10-21-16(24)15-20-7-4-14(23)22-15/h2-4,7-8H,1,5-6,9-10H2,(H,21,24)(H,20,22,23). The molecule has 5 nitrogen and oxygen atoms in total. The summed E-state index contributed by atoms with van der Waals surface area (Å²) in [5, 5.41) is 2.78. The van der Waals surface area contributed by atoms with Gasteiger partial charge in [-0.15, -0.1) is 0 Å². The molecule has 0 unspecified atom stereocenters. The van der Waals surface area contributed by atoms with Gasteiger partial charge in [0.1, 0.15) is 0 Å². The second-order valence-electron chi connectivity index (χ2n) is 6.24. The highest BCUT2D eigenvalue weighted by Gasteiger charge is 2.37. The molecule has 7 heteroatoms. The lowest BCUT2D eigenvalue weighted by molar-refractivity contribution is 0.0849. The number of nitrogens with zero attached hydrogens (tertiary/aromatic N) is 1. The summed E-state index contributed by atoms with van der Waals surface area (Å²) in [6.07, 6.45) is 4.65. The molecule has 1 aliphatic carbocycles. The van der Waals surface area contributed by atoms with Gasteiger partial charge in [0.25, 0.3) is 11.5 Å². The molecule has 126 valence electrons. The maximum Gasteiger partial charge on any atom is 0.287 e. The second kappa shape index (κ2) is 6.51. The molecule has 24 heavy (non-hydrogen) atoms. The number of amides is 1. The number of carbonyl (C=O) groups is 1. The zero-order chi connectivity index (χ0) is 17.2. The van der Waals surface area contributed by atoms with Gasteiger partial charge in [0.15, 0.2) is 17.5 Å². The van der Waals surface area contributed by atoms with Crippen LogP contribution in [-0.4, -0.2) is 22.4 Å². The van der Waals surface area contributed by atoms with E-state index in [1.165, 1.54) is 18.3 Å². The SMILES string of the molecule is O=C(NCC1(Cc2ccc(F)c(F)c2)CCC1)c1nccc(=O)[nH]1. The van der Waals surface area contributed by atoms with Gasteiger partial charge in [-0.25, -0.2) is 13.8 Å². The Morgan fingerprint density at radius 2 is 2.04 bits per heavy atom. The molecular formula is C17H17F2N3O2. The highest BCUT2D eigenvalue weighted by Crippen LogP contribution is 2.43. The Balaban J connectivity index is 1.66. The Labute approximate surface area is 137 Å². The number of aromatic amines is 1. The van der Waals surface area contributed by atoms with Gasteiger partial charge < -0.3 is 10.3 Å². The van der Waals surface area contributed by atoms with Gasteiger partial charge in [-0.3, -0.25) is 9.59 Å². The number of aromatic nitrogens is 2. The first kappa shape index (κ1) is 16.3. The van der Waals surface area contributed by atoms with Gasteiger partial charge in [0.2, 0.25) is 0 Å². The number of carbonyl (C=O) groups excluding carboxylic acids is 1. The van der Waals surface area contributed by atoms with Gasteiger partial charge in [0, 0.05) is 18.8 Å². The van der Waals surface area contributed by atoms with Crippen molar-refractivity contribution < 1.29 is 13.6 Å². The van der Waals surface area contributed by atoms with Gasteiger partial charge >= 0.3 is 0 Å². The molecule has 1 fully saturated rings. The van der Waals surface area contributed by atoms with E-state index in [4.69, 9.17) is 0 Å². The van der Waals surface area contributed by atoms with Crippen LogP contribution in [0.1, 0.15) is 35.4 Å². The molecule has 0 aliphatic heterocycles. The van der Waals surface area contributed by atoms with Crippen LogP contribution in [0.5, 0.6) is 0 Å². The molecule has 0 bridgehead atoms. The lowest BCUT2D eigenvalue weighted by Crippen LogP contribution is -2.44. The molecule has 0 radical (unpaired) electrons. The Hall–Kier alpha value is -2.57. The van der Waals surface area contributed by atoms with E-state index in [1.54, 1.807) is 6.07 Å². The molecule has 2 aromatic rings. The minimum atomic E-state index is -0.867. The van der Waals surface area contributed by atoms with Crippen LogP contribution in [0.2, 0.25) is 0 Å². The summed E-state index contributed by atoms with van der Waals surface area (Å²) in [7, 11) is 0. The fourth-order valence-corrected chi connectivity index (χ4v) is 3.01. The normalized spacial score (nSPS) is 15.6. The first-order valence-corrected chi connectivity index (χ1v) is 7.75. The maximum atomic E-state index is 13.4. The summed E-state index contributed by atoms with van der Waals surface area (Å²) >= 11 is 0. The molecule has 0 spiro atoms. The second-order valence-corrected chi connectivity index (χ2v) is 6.24. The fourth-order valence-electron chi connectivity index (χ4n) is 3.01. The predicted octanol–water partition coefficient (Wildman–Crippen LogP) is 2.19. The van der Waals surface area contributed by atoms with Gasteiger partial charge in [-0.05, 0) is 42.4 Å². The maximum absolute atomic E-state index is 13.4. The first-order valence-electron chi connectivity index (χ1n) is 7.75. The minimum Gasteiger partial charge on any atom is -0.349 e. The molecule has 2 N–H and O–H groups in total. The van der Waals surface area contributed by atoms with Crippen LogP contribution in [0.15, 0.2) is 35.3 Å². The van der Waals surface area contributed by atoms with E-state index in [0.29, 0.717) is 18.5 Å². The molecule has 1 aliphatic rings. The molecule has 1 saturated carbocycles. The Morgan fingerprint density at radius 1 is 1.25 bits per heavy atom. The number of nitrogens with one attached hydrogen (secondary N) is 2. The fraction of sp³-hybridized carbons (Fsp3) is 0.353. The molecule has 3 rings (SSSR count). The monoisotopic (exact) mass is 333 g/mol. The summed E-state index contributed by atoms with van der Waals surface area (Å²) in [4.78, 5) is 29.5. The van der Waals surface area contributed by atoms with Crippen LogP contribution in [0.3, 0.4) is 0 Å². The average Bonchev–Trinajstić information content (AvgIpc) is 2.53. The quantitative estimate of drug-likeness (QED) is 0.881. The summed E-state index contributed by atoms with van der Waals surface area (Å²) in [6, 6.07) is 5.12. The van der Waals surface area contributed by atoms with Crippen molar-refractivity contribution in [3.8, 4) is 0 Å². The topological polar surface area (TPSA) is 74.8 Å². The van der Waals surface area contributed by atoms with Gasteiger partial charge in [0.05, 0.1) is 0 Å². The number of halogens is 2. The number of H-pyrrole nitrogens is 1. The van der Waals surface area contributed by atoms with E-state index < -0.39 is 23.1 Å². The van der Waals surface area contributed by atoms with Crippen molar-refractivity contribution in [2.24, 2.45) is 5.41 Å². The van der Waals surface area contributed by atoms with Gasteiger partial charge in [-0.1, -0.05) is 12.5 Å². The number of hydrogen-bond acceptors (Lipinski definition) is 3. The summed E-state index contributed by atoms with van der Waals surface area (Å²) in [5.41, 5.74) is 0.138. The molecule has 0 atom stereocenters. The van der Waals surface area contributed by atoms with E-state index in [0.717, 1.165) is 25.3 Å². The molecule has 1 aromatic heterocycles. The summed E-state index contributed by atoms with van der Waals surface area (Å²) in [5.74, 6) is -2.22. The Morgan fingerprint density at radius 3 is 2.67 bits per heavy atom. The highest BCUT2D eigenvalue weighted by molar-refractivity contribution is 5.90. The van der Waals surface area contributed by atoms with Crippen LogP contribution in [0, 0.1) is 17.0 Å². The van der Waals surface area contributed by atoms with Crippen LogP contribution < -0.4 is 10.9 Å². The van der Waals surface area contributed by atoms with Gasteiger partial charge in [-0.2, -0.15) is 0 Å². The third-order valence-corrected chi connectivity index (χ3v) is 4.49. The molecule has 1 heterocycles. The first-order chi connectivity index (χ1) is 11.5. The van der Waals surface area contributed by atoms with E-state index in [-0.39, 0.29) is 11.2 Å². The van der Waals surface area contributed by atoms with E-state index >= 15 is 0 Å². The number of hydrogen-bond donors (Lipinski definition) is 2.